The molecule has 70 valence electrons. The van der Waals surface area contributed by atoms with Crippen LogP contribution in [0.3, 0.4) is 0 Å². The van der Waals surface area contributed by atoms with E-state index in [1.165, 1.54) is 6.92 Å². The SMILES string of the molecule is C=C.C=C.CC(=O)[C@H](C)NC=O. The van der Waals surface area contributed by atoms with Gasteiger partial charge in [-0.1, -0.05) is 0 Å². The molecule has 0 aliphatic carbocycles. The van der Waals surface area contributed by atoms with Crippen molar-refractivity contribution >= 4 is 12.2 Å². The summed E-state index contributed by atoms with van der Waals surface area (Å²) in [5.74, 6) is -0.0305. The van der Waals surface area contributed by atoms with E-state index in [9.17, 15) is 9.59 Å². The van der Waals surface area contributed by atoms with Crippen LogP contribution >= 0.6 is 0 Å². The first kappa shape index (κ1) is 16.9. The summed E-state index contributed by atoms with van der Waals surface area (Å²) in [7, 11) is 0. The second kappa shape index (κ2) is 16.3. The Morgan fingerprint density at radius 3 is 1.75 bits per heavy atom. The highest BCUT2D eigenvalue weighted by Gasteiger charge is 2.02. The Balaban J connectivity index is -0.000000175. The van der Waals surface area contributed by atoms with Crippen molar-refractivity contribution in [1.29, 1.82) is 0 Å². The summed E-state index contributed by atoms with van der Waals surface area (Å²) < 4.78 is 0. The lowest BCUT2D eigenvalue weighted by atomic mass is 10.2. The maximum Gasteiger partial charge on any atom is 0.207 e. The van der Waals surface area contributed by atoms with Gasteiger partial charge in [0.15, 0.2) is 5.78 Å². The lowest BCUT2D eigenvalue weighted by molar-refractivity contribution is -0.121. The molecule has 3 heteroatoms. The van der Waals surface area contributed by atoms with E-state index in [0.29, 0.717) is 6.41 Å². The molecule has 3 nitrogen and oxygen atoms in total. The Kier molecular flexibility index (Phi) is 23.0. The predicted molar refractivity (Wildman–Crippen MR) is 51.9 cm³/mol. The summed E-state index contributed by atoms with van der Waals surface area (Å²) >= 11 is 0. The topological polar surface area (TPSA) is 46.2 Å². The second-order valence-corrected chi connectivity index (χ2v) is 1.62. The third-order valence-corrected chi connectivity index (χ3v) is 0.928. The van der Waals surface area contributed by atoms with Crippen LogP contribution in [0.15, 0.2) is 26.3 Å². The molecule has 0 fully saturated rings. The van der Waals surface area contributed by atoms with Gasteiger partial charge in [-0.25, -0.2) is 0 Å². The molecule has 0 heterocycles. The Morgan fingerprint density at radius 1 is 1.33 bits per heavy atom. The van der Waals surface area contributed by atoms with Crippen LogP contribution in [0.1, 0.15) is 13.8 Å². The van der Waals surface area contributed by atoms with Crippen LogP contribution in [-0.4, -0.2) is 18.2 Å². The van der Waals surface area contributed by atoms with Crippen LogP contribution in [-0.2, 0) is 9.59 Å². The normalized spacial score (nSPS) is 8.83. The molecule has 0 saturated heterocycles. The quantitative estimate of drug-likeness (QED) is 0.514. The lowest BCUT2D eigenvalue weighted by Crippen LogP contribution is -2.30. The summed E-state index contributed by atoms with van der Waals surface area (Å²) in [4.78, 5) is 20.0. The molecule has 0 radical (unpaired) electrons. The van der Waals surface area contributed by atoms with Crippen LogP contribution < -0.4 is 5.32 Å². The summed E-state index contributed by atoms with van der Waals surface area (Å²) in [6.45, 7) is 15.1. The first-order valence-electron chi connectivity index (χ1n) is 3.38. The van der Waals surface area contributed by atoms with Crippen LogP contribution in [0.25, 0.3) is 0 Å². The van der Waals surface area contributed by atoms with Gasteiger partial charge in [0.2, 0.25) is 6.41 Å². The Labute approximate surface area is 74.2 Å². The lowest BCUT2D eigenvalue weighted by Gasteiger charge is -2.01. The molecule has 0 rings (SSSR count). The van der Waals surface area contributed by atoms with Crippen molar-refractivity contribution in [3.63, 3.8) is 0 Å². The zero-order valence-corrected chi connectivity index (χ0v) is 7.80. The monoisotopic (exact) mass is 171 g/mol. The first-order chi connectivity index (χ1) is 5.68. The number of amides is 1. The van der Waals surface area contributed by atoms with Gasteiger partial charge in [-0.2, -0.15) is 0 Å². The molecule has 0 unspecified atom stereocenters. The molecular formula is C9H17NO2. The molecule has 12 heavy (non-hydrogen) atoms. The second-order valence-electron chi connectivity index (χ2n) is 1.62. The Morgan fingerprint density at radius 2 is 1.67 bits per heavy atom. The van der Waals surface area contributed by atoms with Crippen molar-refractivity contribution < 1.29 is 9.59 Å². The van der Waals surface area contributed by atoms with E-state index in [1.807, 2.05) is 0 Å². The summed E-state index contributed by atoms with van der Waals surface area (Å²) in [5.41, 5.74) is 0. The van der Waals surface area contributed by atoms with Gasteiger partial charge in [0.05, 0.1) is 6.04 Å². The minimum atomic E-state index is -0.340. The fourth-order valence-electron chi connectivity index (χ4n) is 0.219. The van der Waals surface area contributed by atoms with Gasteiger partial charge >= 0.3 is 0 Å². The Hall–Kier alpha value is -1.38. The van der Waals surface area contributed by atoms with Gasteiger partial charge in [0.25, 0.3) is 0 Å². The van der Waals surface area contributed by atoms with Crippen molar-refractivity contribution in [3.8, 4) is 0 Å². The van der Waals surface area contributed by atoms with E-state index in [0.717, 1.165) is 0 Å². The highest BCUT2D eigenvalue weighted by molar-refractivity contribution is 5.82. The zero-order chi connectivity index (χ0) is 10.6. The molecule has 0 spiro atoms. The number of carbonyl (C=O) groups excluding carboxylic acids is 2. The fourth-order valence-corrected chi connectivity index (χ4v) is 0.219. The molecule has 0 aliphatic heterocycles. The summed E-state index contributed by atoms with van der Waals surface area (Å²) in [5, 5.41) is 2.31. The molecule has 0 saturated carbocycles. The highest BCUT2D eigenvalue weighted by Crippen LogP contribution is 1.78. The molecule has 0 aromatic rings. The predicted octanol–water partition coefficient (Wildman–Crippen LogP) is 1.31. The molecular weight excluding hydrogens is 154 g/mol. The van der Waals surface area contributed by atoms with E-state index in [2.05, 4.69) is 31.6 Å². The van der Waals surface area contributed by atoms with E-state index < -0.39 is 0 Å². The summed E-state index contributed by atoms with van der Waals surface area (Å²) in [6, 6.07) is -0.340. The standard InChI is InChI=1S/C5H9NO2.2C2H4/c1-4(5(2)8)6-3-7;2*1-2/h3-4H,1-2H3,(H,6,7);2*1-2H2/t4-;;/m0../s1. The molecule has 1 atom stereocenters. The maximum atomic E-state index is 10.3. The highest BCUT2D eigenvalue weighted by atomic mass is 16.1. The maximum absolute atomic E-state index is 10.3. The van der Waals surface area contributed by atoms with Crippen molar-refractivity contribution in [2.24, 2.45) is 0 Å². The van der Waals surface area contributed by atoms with Crippen LogP contribution in [0.2, 0.25) is 0 Å². The van der Waals surface area contributed by atoms with Gasteiger partial charge in [-0.3, -0.25) is 9.59 Å². The number of ketones is 1. The average Bonchev–Trinajstić information content (AvgIpc) is 2.12. The van der Waals surface area contributed by atoms with E-state index >= 15 is 0 Å². The van der Waals surface area contributed by atoms with Crippen molar-refractivity contribution in [1.82, 2.24) is 5.32 Å². The van der Waals surface area contributed by atoms with Gasteiger partial charge in [0, 0.05) is 0 Å². The van der Waals surface area contributed by atoms with E-state index in [1.54, 1.807) is 6.92 Å². The zero-order valence-electron chi connectivity index (χ0n) is 7.80. The molecule has 1 N–H and O–H groups in total. The summed E-state index contributed by atoms with van der Waals surface area (Å²) in [6.07, 6.45) is 0.520. The fraction of sp³-hybridized carbons (Fsp3) is 0.333. The average molecular weight is 171 g/mol. The van der Waals surface area contributed by atoms with Gasteiger partial charge in [-0.05, 0) is 13.8 Å². The molecule has 0 aliphatic rings. The number of carbonyl (C=O) groups is 2. The molecule has 1 amide bonds. The molecule has 0 bridgehead atoms. The van der Waals surface area contributed by atoms with Crippen molar-refractivity contribution in [2.75, 3.05) is 0 Å². The number of hydrogen-bond donors (Lipinski definition) is 1. The number of nitrogens with one attached hydrogen (secondary N) is 1. The van der Waals surface area contributed by atoms with Crippen molar-refractivity contribution in [3.05, 3.63) is 26.3 Å². The number of Topliss-reactive ketones (excluding diaryl/α,β-unsaturated/α-hetero) is 1. The third-order valence-electron chi connectivity index (χ3n) is 0.928. The third kappa shape index (κ3) is 15.8. The van der Waals surface area contributed by atoms with Gasteiger partial charge in [0.1, 0.15) is 0 Å². The first-order valence-corrected chi connectivity index (χ1v) is 3.38. The van der Waals surface area contributed by atoms with Crippen LogP contribution in [0.5, 0.6) is 0 Å². The Bertz CT molecular complexity index is 122. The minimum absolute atomic E-state index is 0.0305. The smallest absolute Gasteiger partial charge is 0.207 e. The molecule has 0 aromatic carbocycles. The van der Waals surface area contributed by atoms with E-state index in [4.69, 9.17) is 0 Å². The minimum Gasteiger partial charge on any atom is -0.349 e. The number of hydrogen-bond acceptors (Lipinski definition) is 2. The van der Waals surface area contributed by atoms with E-state index in [-0.39, 0.29) is 11.8 Å². The van der Waals surface area contributed by atoms with Gasteiger partial charge in [-0.15, -0.1) is 26.3 Å². The van der Waals surface area contributed by atoms with Gasteiger partial charge < -0.3 is 5.32 Å². The molecule has 0 aromatic heterocycles. The van der Waals surface area contributed by atoms with Crippen LogP contribution in [0, 0.1) is 0 Å². The number of rotatable bonds is 3. The largest absolute Gasteiger partial charge is 0.349 e. The van der Waals surface area contributed by atoms with Crippen molar-refractivity contribution in [2.45, 2.75) is 19.9 Å². The van der Waals surface area contributed by atoms with Crippen LogP contribution in [0.4, 0.5) is 0 Å².